The number of benzene rings is 1. The molecule has 0 radical (unpaired) electrons. The van der Waals surface area contributed by atoms with Crippen LogP contribution in [-0.4, -0.2) is 25.1 Å². The van der Waals surface area contributed by atoms with E-state index in [1.807, 2.05) is 26.0 Å². The second-order valence-corrected chi connectivity index (χ2v) is 4.44. The Kier molecular flexibility index (Phi) is 2.78. The van der Waals surface area contributed by atoms with Gasteiger partial charge >= 0.3 is 0 Å². The van der Waals surface area contributed by atoms with E-state index in [2.05, 4.69) is 0 Å². The Labute approximate surface area is 95.0 Å². The average molecular weight is 223 g/mol. The van der Waals surface area contributed by atoms with Crippen molar-refractivity contribution in [2.45, 2.75) is 19.3 Å². The van der Waals surface area contributed by atoms with Gasteiger partial charge in [-0.15, -0.1) is 0 Å². The highest BCUT2D eigenvalue weighted by Gasteiger charge is 2.28. The maximum atomic E-state index is 9.46. The first kappa shape index (κ1) is 11.2. The molecule has 1 aliphatic rings. The normalized spacial score (nSPS) is 17.2. The van der Waals surface area contributed by atoms with E-state index in [0.29, 0.717) is 6.54 Å². The molecule has 0 aromatic heterocycles. The lowest BCUT2D eigenvalue weighted by molar-refractivity contribution is 0.173. The van der Waals surface area contributed by atoms with Crippen LogP contribution in [0.3, 0.4) is 0 Å². The van der Waals surface area contributed by atoms with Crippen molar-refractivity contribution in [3.63, 3.8) is 0 Å². The smallest absolute Gasteiger partial charge is 0.231 e. The highest BCUT2D eigenvalue weighted by atomic mass is 16.7. The monoisotopic (exact) mass is 223 g/mol. The summed E-state index contributed by atoms with van der Waals surface area (Å²) in [7, 11) is 0. The molecule has 0 spiro atoms. The van der Waals surface area contributed by atoms with Crippen LogP contribution < -0.4 is 15.2 Å². The molecule has 0 saturated heterocycles. The maximum absolute atomic E-state index is 9.46. The van der Waals surface area contributed by atoms with Gasteiger partial charge in [0.1, 0.15) is 0 Å². The number of aliphatic hydroxyl groups is 1. The van der Waals surface area contributed by atoms with Gasteiger partial charge in [0.15, 0.2) is 11.5 Å². The number of hydrogen-bond acceptors (Lipinski definition) is 4. The van der Waals surface area contributed by atoms with E-state index >= 15 is 0 Å². The molecule has 3 N–H and O–H groups in total. The van der Waals surface area contributed by atoms with Gasteiger partial charge in [-0.05, 0) is 30.2 Å². The second-order valence-electron chi connectivity index (χ2n) is 4.44. The zero-order chi connectivity index (χ0) is 11.8. The van der Waals surface area contributed by atoms with Gasteiger partial charge in [-0.1, -0.05) is 6.92 Å². The molecule has 1 aromatic carbocycles. The van der Waals surface area contributed by atoms with Crippen molar-refractivity contribution in [2.24, 2.45) is 5.73 Å². The lowest BCUT2D eigenvalue weighted by Gasteiger charge is -2.28. The molecule has 4 nitrogen and oxygen atoms in total. The van der Waals surface area contributed by atoms with Crippen LogP contribution in [0.4, 0.5) is 0 Å². The Morgan fingerprint density at radius 2 is 2.00 bits per heavy atom. The third-order valence-electron chi connectivity index (χ3n) is 3.17. The fraction of sp³-hybridized carbons (Fsp3) is 0.500. The Morgan fingerprint density at radius 3 is 2.56 bits per heavy atom. The van der Waals surface area contributed by atoms with Gasteiger partial charge in [0.2, 0.25) is 6.79 Å². The van der Waals surface area contributed by atoms with E-state index in [1.54, 1.807) is 0 Å². The number of nitrogens with two attached hydrogens (primary N) is 1. The van der Waals surface area contributed by atoms with Crippen LogP contribution >= 0.6 is 0 Å². The van der Waals surface area contributed by atoms with E-state index in [1.165, 1.54) is 0 Å². The molecule has 1 aromatic rings. The van der Waals surface area contributed by atoms with Crippen LogP contribution in [0.5, 0.6) is 11.5 Å². The van der Waals surface area contributed by atoms with E-state index < -0.39 is 5.41 Å². The third-order valence-corrected chi connectivity index (χ3v) is 3.17. The average Bonchev–Trinajstić information content (AvgIpc) is 2.74. The van der Waals surface area contributed by atoms with Gasteiger partial charge in [0.25, 0.3) is 0 Å². The van der Waals surface area contributed by atoms with Crippen LogP contribution in [0.1, 0.15) is 18.1 Å². The Morgan fingerprint density at radius 1 is 1.38 bits per heavy atom. The van der Waals surface area contributed by atoms with E-state index in [4.69, 9.17) is 15.2 Å². The first-order valence-corrected chi connectivity index (χ1v) is 5.32. The van der Waals surface area contributed by atoms with Gasteiger partial charge in [0, 0.05) is 12.0 Å². The lowest BCUT2D eigenvalue weighted by atomic mass is 9.81. The molecule has 1 unspecified atom stereocenters. The Balaban J connectivity index is 2.49. The molecule has 0 fully saturated rings. The van der Waals surface area contributed by atoms with Crippen LogP contribution in [0, 0.1) is 6.92 Å². The molecular weight excluding hydrogens is 206 g/mol. The van der Waals surface area contributed by atoms with E-state index in [-0.39, 0.29) is 13.4 Å². The number of ether oxygens (including phenoxy) is 2. The quantitative estimate of drug-likeness (QED) is 0.800. The summed E-state index contributed by atoms with van der Waals surface area (Å²) >= 11 is 0. The lowest BCUT2D eigenvalue weighted by Crippen LogP contribution is -2.36. The number of aliphatic hydroxyl groups excluding tert-OH is 1. The van der Waals surface area contributed by atoms with Crippen molar-refractivity contribution < 1.29 is 14.6 Å². The summed E-state index contributed by atoms with van der Waals surface area (Å²) in [5.41, 5.74) is 7.38. The van der Waals surface area contributed by atoms with Crippen LogP contribution in [0.2, 0.25) is 0 Å². The topological polar surface area (TPSA) is 64.7 Å². The van der Waals surface area contributed by atoms with Gasteiger partial charge in [-0.25, -0.2) is 0 Å². The van der Waals surface area contributed by atoms with Crippen molar-refractivity contribution in [3.8, 4) is 11.5 Å². The van der Waals surface area contributed by atoms with Crippen molar-refractivity contribution in [2.75, 3.05) is 19.9 Å². The third kappa shape index (κ3) is 1.64. The first-order valence-electron chi connectivity index (χ1n) is 5.32. The summed E-state index contributed by atoms with van der Waals surface area (Å²) < 4.78 is 10.6. The molecule has 1 aliphatic heterocycles. The predicted molar refractivity (Wildman–Crippen MR) is 60.8 cm³/mol. The van der Waals surface area contributed by atoms with Crippen molar-refractivity contribution >= 4 is 0 Å². The van der Waals surface area contributed by atoms with Gasteiger partial charge in [-0.3, -0.25) is 0 Å². The summed E-state index contributed by atoms with van der Waals surface area (Å²) in [6.45, 7) is 4.60. The number of aryl methyl sites for hydroxylation is 1. The predicted octanol–water partition coefficient (Wildman–Crippen LogP) is 0.932. The summed E-state index contributed by atoms with van der Waals surface area (Å²) in [5, 5.41) is 9.46. The molecule has 0 bridgehead atoms. The first-order chi connectivity index (χ1) is 7.60. The highest BCUT2D eigenvalue weighted by molar-refractivity contribution is 5.50. The summed E-state index contributed by atoms with van der Waals surface area (Å²) in [5.74, 6) is 1.49. The molecule has 16 heavy (non-hydrogen) atoms. The molecule has 0 amide bonds. The number of fused-ring (bicyclic) bond motifs is 1. The minimum Gasteiger partial charge on any atom is -0.454 e. The minimum absolute atomic E-state index is 0.0178. The molecule has 4 heteroatoms. The van der Waals surface area contributed by atoms with Crippen molar-refractivity contribution in [1.82, 2.24) is 0 Å². The standard InChI is InChI=1S/C12H17NO3/c1-8-3-10-11(16-7-15-10)4-9(8)12(2,5-13)6-14/h3-4,14H,5-7,13H2,1-2H3. The van der Waals surface area contributed by atoms with Gasteiger partial charge in [0.05, 0.1) is 6.61 Å². The van der Waals surface area contributed by atoms with Crippen molar-refractivity contribution in [1.29, 1.82) is 0 Å². The highest BCUT2D eigenvalue weighted by Crippen LogP contribution is 2.38. The number of hydrogen-bond donors (Lipinski definition) is 2. The van der Waals surface area contributed by atoms with Crippen LogP contribution in [-0.2, 0) is 5.41 Å². The van der Waals surface area contributed by atoms with Crippen molar-refractivity contribution in [3.05, 3.63) is 23.3 Å². The molecule has 0 aliphatic carbocycles. The zero-order valence-electron chi connectivity index (χ0n) is 9.62. The molecular formula is C12H17NO3. The van der Waals surface area contributed by atoms with Crippen LogP contribution in [0.15, 0.2) is 12.1 Å². The Hall–Kier alpha value is -1.26. The summed E-state index contributed by atoms with van der Waals surface area (Å²) in [4.78, 5) is 0. The van der Waals surface area contributed by atoms with Crippen LogP contribution in [0.25, 0.3) is 0 Å². The summed E-state index contributed by atoms with van der Waals surface area (Å²) in [6, 6.07) is 3.85. The largest absolute Gasteiger partial charge is 0.454 e. The van der Waals surface area contributed by atoms with Gasteiger partial charge < -0.3 is 20.3 Å². The zero-order valence-corrected chi connectivity index (χ0v) is 9.62. The fourth-order valence-electron chi connectivity index (χ4n) is 1.95. The van der Waals surface area contributed by atoms with E-state index in [9.17, 15) is 5.11 Å². The molecule has 1 atom stereocenters. The SMILES string of the molecule is Cc1cc2c(cc1C(C)(CN)CO)OCO2. The second kappa shape index (κ2) is 3.96. The molecule has 88 valence electrons. The van der Waals surface area contributed by atoms with E-state index in [0.717, 1.165) is 22.6 Å². The molecule has 2 rings (SSSR count). The fourth-order valence-corrected chi connectivity index (χ4v) is 1.95. The minimum atomic E-state index is -0.426. The number of rotatable bonds is 3. The van der Waals surface area contributed by atoms with Gasteiger partial charge in [-0.2, -0.15) is 0 Å². The molecule has 1 heterocycles. The maximum Gasteiger partial charge on any atom is 0.231 e. The Bertz CT molecular complexity index is 399. The molecule has 0 saturated carbocycles. The summed E-state index contributed by atoms with van der Waals surface area (Å²) in [6.07, 6.45) is 0.